The van der Waals surface area contributed by atoms with Gasteiger partial charge in [-0.1, -0.05) is 0 Å². The van der Waals surface area contributed by atoms with E-state index in [9.17, 15) is 22.0 Å². The molecule has 9 nitrogen and oxygen atoms in total. The average molecular weight is 595 g/mol. The van der Waals surface area contributed by atoms with E-state index in [1.165, 1.54) is 60.9 Å². The van der Waals surface area contributed by atoms with E-state index in [1.807, 2.05) is 11.0 Å². The third kappa shape index (κ3) is 4.95. The van der Waals surface area contributed by atoms with Gasteiger partial charge in [0.25, 0.3) is 11.9 Å². The lowest BCUT2D eigenvalue weighted by Crippen LogP contribution is -2.35. The molecule has 0 unspecified atom stereocenters. The fraction of sp³-hybridized carbons (Fsp3) is 0.267. The van der Waals surface area contributed by atoms with Crippen LogP contribution in [0.4, 0.5) is 20.5 Å². The molecule has 1 aliphatic heterocycles. The number of nitrogens with zero attached hydrogens (tertiary/aromatic N) is 3. The molecule has 1 aliphatic rings. The molecule has 42 heavy (non-hydrogen) atoms. The Bertz CT molecular complexity index is 1930. The maximum absolute atomic E-state index is 13.8. The van der Waals surface area contributed by atoms with Gasteiger partial charge in [-0.25, -0.2) is 17.2 Å². The Kier molecular flexibility index (Phi) is 6.88. The fourth-order valence-electron chi connectivity index (χ4n) is 5.51. The molecule has 2 aromatic heterocycles. The number of carbonyl (C=O) groups excluding carboxylic acids is 1. The van der Waals surface area contributed by atoms with Gasteiger partial charge < -0.3 is 19.1 Å². The van der Waals surface area contributed by atoms with Gasteiger partial charge in [0, 0.05) is 56.2 Å². The molecule has 3 heterocycles. The first-order chi connectivity index (χ1) is 20.0. The van der Waals surface area contributed by atoms with Crippen molar-refractivity contribution in [2.45, 2.75) is 18.8 Å². The molecule has 0 bridgehead atoms. The fourth-order valence-corrected chi connectivity index (χ4v) is 6.03. The van der Waals surface area contributed by atoms with Crippen LogP contribution in [0.2, 0.25) is 0 Å². The Labute approximate surface area is 240 Å². The van der Waals surface area contributed by atoms with E-state index in [2.05, 4.69) is 10.3 Å². The summed E-state index contributed by atoms with van der Waals surface area (Å²) in [5, 5.41) is 3.16. The molecule has 1 N–H and O–H groups in total. The highest BCUT2D eigenvalue weighted by molar-refractivity contribution is 7.92. The third-order valence-corrected chi connectivity index (χ3v) is 8.90. The molecule has 0 saturated carbocycles. The second-order valence-corrected chi connectivity index (χ2v) is 12.4. The minimum atomic E-state index is -3.66. The molecule has 1 atom stereocenters. The van der Waals surface area contributed by atoms with Gasteiger partial charge in [0.2, 0.25) is 10.0 Å². The number of piperidine rings is 1. The summed E-state index contributed by atoms with van der Waals surface area (Å²) in [6, 6.07) is 13.6. The summed E-state index contributed by atoms with van der Waals surface area (Å²) in [7, 11) is -0.684. The highest BCUT2D eigenvalue weighted by Crippen LogP contribution is 2.42. The minimum Gasteiger partial charge on any atom is -0.455 e. The second-order valence-electron chi connectivity index (χ2n) is 10.4. The largest absolute Gasteiger partial charge is 0.455 e. The number of amides is 1. The normalized spacial score (nSPS) is 15.8. The molecule has 1 amide bonds. The van der Waals surface area contributed by atoms with E-state index in [-0.39, 0.29) is 17.2 Å². The highest BCUT2D eigenvalue weighted by Gasteiger charge is 2.31. The molecule has 3 aromatic carbocycles. The number of halogens is 2. The van der Waals surface area contributed by atoms with Crippen molar-refractivity contribution < 1.29 is 30.8 Å². The number of rotatable bonds is 6. The van der Waals surface area contributed by atoms with Gasteiger partial charge in [0.05, 0.1) is 17.5 Å². The van der Waals surface area contributed by atoms with Gasteiger partial charge in [0.15, 0.2) is 5.58 Å². The standard InChI is InChI=1S/C30H28F2N4O5S/c1-33-29(37)27-22-14-21(18-5-4-12-36(16-18)30-34-23-13-20(32)10-11-25(23)41-30)24(35(2)42(3,38)39)15-26(22)40-28(27)17-6-8-19(31)9-7-17/h6-11,13-15,18H,4-5,12,16H2,1-3H3,(H,33,37)/t18-/m0/s1. The summed E-state index contributed by atoms with van der Waals surface area (Å²) in [5.41, 5.74) is 3.08. The lowest BCUT2D eigenvalue weighted by atomic mass is 9.88. The summed E-state index contributed by atoms with van der Waals surface area (Å²) in [6.07, 6.45) is 2.61. The molecule has 0 spiro atoms. The first-order valence-corrected chi connectivity index (χ1v) is 15.2. The van der Waals surface area contributed by atoms with Crippen molar-refractivity contribution in [1.82, 2.24) is 10.3 Å². The maximum atomic E-state index is 13.8. The van der Waals surface area contributed by atoms with Crippen LogP contribution in [0, 0.1) is 11.6 Å². The quantitative estimate of drug-likeness (QED) is 0.270. The molecule has 0 radical (unpaired) electrons. The van der Waals surface area contributed by atoms with E-state index in [0.717, 1.165) is 19.1 Å². The number of hydrogen-bond acceptors (Lipinski definition) is 7. The van der Waals surface area contributed by atoms with Crippen LogP contribution in [0.5, 0.6) is 0 Å². The number of fused-ring (bicyclic) bond motifs is 2. The molecule has 218 valence electrons. The van der Waals surface area contributed by atoms with Crippen molar-refractivity contribution in [3.63, 3.8) is 0 Å². The summed E-state index contributed by atoms with van der Waals surface area (Å²) in [6.45, 7) is 1.10. The van der Waals surface area contributed by atoms with Gasteiger partial charge in [-0.05, 0) is 60.9 Å². The van der Waals surface area contributed by atoms with Crippen LogP contribution in [0.3, 0.4) is 0 Å². The number of furan rings is 1. The molecule has 1 fully saturated rings. The van der Waals surface area contributed by atoms with Crippen molar-refractivity contribution in [3.05, 3.63) is 77.4 Å². The van der Waals surface area contributed by atoms with E-state index in [0.29, 0.717) is 58.0 Å². The van der Waals surface area contributed by atoms with Crippen LogP contribution in [-0.4, -0.2) is 52.7 Å². The average Bonchev–Trinajstić information content (AvgIpc) is 3.56. The lowest BCUT2D eigenvalue weighted by Gasteiger charge is -2.34. The van der Waals surface area contributed by atoms with E-state index >= 15 is 0 Å². The molecule has 0 aliphatic carbocycles. The number of anilines is 2. The Morgan fingerprint density at radius 1 is 1.05 bits per heavy atom. The summed E-state index contributed by atoms with van der Waals surface area (Å²) >= 11 is 0. The number of sulfonamides is 1. The van der Waals surface area contributed by atoms with E-state index in [4.69, 9.17) is 8.83 Å². The Morgan fingerprint density at radius 2 is 1.79 bits per heavy atom. The van der Waals surface area contributed by atoms with Crippen LogP contribution in [0.15, 0.2) is 63.4 Å². The van der Waals surface area contributed by atoms with Crippen molar-refractivity contribution in [2.24, 2.45) is 0 Å². The van der Waals surface area contributed by atoms with Gasteiger partial charge in [-0.2, -0.15) is 4.98 Å². The van der Waals surface area contributed by atoms with Gasteiger partial charge >= 0.3 is 0 Å². The Balaban J connectivity index is 1.49. The van der Waals surface area contributed by atoms with E-state index in [1.54, 1.807) is 6.07 Å². The van der Waals surface area contributed by atoms with Crippen molar-refractivity contribution in [1.29, 1.82) is 0 Å². The first kappa shape index (κ1) is 27.7. The summed E-state index contributed by atoms with van der Waals surface area (Å²) in [4.78, 5) is 19.6. The molecule has 12 heteroatoms. The number of oxazole rings is 1. The van der Waals surface area contributed by atoms with Crippen LogP contribution >= 0.6 is 0 Å². The van der Waals surface area contributed by atoms with Crippen LogP contribution in [0.1, 0.15) is 34.7 Å². The molecular weight excluding hydrogens is 566 g/mol. The molecule has 1 saturated heterocycles. The van der Waals surface area contributed by atoms with Crippen molar-refractivity contribution >= 4 is 49.7 Å². The number of carbonyl (C=O) groups is 1. The van der Waals surface area contributed by atoms with Gasteiger partial charge in [0.1, 0.15) is 28.5 Å². The molecular formula is C30H28F2N4O5S. The molecule has 5 aromatic rings. The number of benzene rings is 3. The predicted octanol–water partition coefficient (Wildman–Crippen LogP) is 5.66. The second kappa shape index (κ2) is 10.4. The zero-order valence-corrected chi connectivity index (χ0v) is 24.0. The predicted molar refractivity (Wildman–Crippen MR) is 156 cm³/mol. The number of hydrogen-bond donors (Lipinski definition) is 1. The monoisotopic (exact) mass is 594 g/mol. The topological polar surface area (TPSA) is 109 Å². The number of aromatic nitrogens is 1. The zero-order chi connectivity index (χ0) is 29.8. The van der Waals surface area contributed by atoms with Crippen molar-refractivity contribution in [2.75, 3.05) is 42.6 Å². The maximum Gasteiger partial charge on any atom is 0.298 e. The van der Waals surface area contributed by atoms with Crippen molar-refractivity contribution in [3.8, 4) is 11.3 Å². The van der Waals surface area contributed by atoms with E-state index < -0.39 is 27.6 Å². The van der Waals surface area contributed by atoms with Crippen LogP contribution < -0.4 is 14.5 Å². The first-order valence-electron chi connectivity index (χ1n) is 13.4. The summed E-state index contributed by atoms with van der Waals surface area (Å²) in [5.74, 6) is -1.16. The Morgan fingerprint density at radius 3 is 2.50 bits per heavy atom. The summed E-state index contributed by atoms with van der Waals surface area (Å²) < 4.78 is 66.2. The lowest BCUT2D eigenvalue weighted by molar-refractivity contribution is 0.0964. The zero-order valence-electron chi connectivity index (χ0n) is 23.1. The molecule has 6 rings (SSSR count). The van der Waals surface area contributed by atoms with Crippen LogP contribution in [0.25, 0.3) is 33.4 Å². The number of nitrogens with one attached hydrogen (secondary N) is 1. The highest BCUT2D eigenvalue weighted by atomic mass is 32.2. The van der Waals surface area contributed by atoms with Gasteiger partial charge in [-0.15, -0.1) is 0 Å². The SMILES string of the molecule is CNC(=O)c1c(-c2ccc(F)cc2)oc2cc(N(C)S(C)(=O)=O)c([C@H]3CCCN(c4nc5cc(F)ccc5o4)C3)cc12. The van der Waals surface area contributed by atoms with Gasteiger partial charge in [-0.3, -0.25) is 9.10 Å². The Hall–Kier alpha value is -4.45. The van der Waals surface area contributed by atoms with Crippen LogP contribution in [-0.2, 0) is 10.0 Å². The third-order valence-electron chi connectivity index (χ3n) is 7.70. The minimum absolute atomic E-state index is 0.171. The smallest absolute Gasteiger partial charge is 0.298 e.